The van der Waals surface area contributed by atoms with Crippen LogP contribution in [-0.4, -0.2) is 41.8 Å². The van der Waals surface area contributed by atoms with Crippen molar-refractivity contribution in [3.05, 3.63) is 64.2 Å². The molecular formula is C18H19N3O5. The summed E-state index contributed by atoms with van der Waals surface area (Å²) in [5.74, 6) is -0.155. The Balaban J connectivity index is 1.96. The van der Waals surface area contributed by atoms with Crippen LogP contribution >= 0.6 is 0 Å². The fourth-order valence-corrected chi connectivity index (χ4v) is 2.10. The van der Waals surface area contributed by atoms with Crippen molar-refractivity contribution in [3.63, 3.8) is 0 Å². The van der Waals surface area contributed by atoms with Crippen LogP contribution in [0.5, 0.6) is 5.75 Å². The van der Waals surface area contributed by atoms with E-state index < -0.39 is 11.0 Å². The summed E-state index contributed by atoms with van der Waals surface area (Å²) in [5.41, 5.74) is 0.995. The summed E-state index contributed by atoms with van der Waals surface area (Å²) < 4.78 is 5.48. The predicted octanol–water partition coefficient (Wildman–Crippen LogP) is 2.70. The van der Waals surface area contributed by atoms with E-state index in [1.165, 1.54) is 29.2 Å². The molecule has 0 saturated carbocycles. The molecule has 136 valence electrons. The maximum Gasteiger partial charge on any atom is 0.269 e. The van der Waals surface area contributed by atoms with Gasteiger partial charge in [0.05, 0.1) is 4.92 Å². The number of hydrogen-bond donors (Lipinski definition) is 1. The largest absolute Gasteiger partial charge is 0.481 e. The molecule has 8 heteroatoms. The molecule has 0 heterocycles. The Morgan fingerprint density at radius 1 is 1.08 bits per heavy atom. The Morgan fingerprint density at radius 3 is 2.15 bits per heavy atom. The molecule has 2 aromatic carbocycles. The minimum atomic E-state index is -0.806. The van der Waals surface area contributed by atoms with Crippen LogP contribution in [-0.2, 0) is 4.79 Å². The zero-order valence-electron chi connectivity index (χ0n) is 14.6. The molecule has 0 aromatic heterocycles. The van der Waals surface area contributed by atoms with Gasteiger partial charge in [0.25, 0.3) is 17.5 Å². The van der Waals surface area contributed by atoms with Gasteiger partial charge in [-0.2, -0.15) is 0 Å². The number of benzene rings is 2. The molecule has 0 aliphatic heterocycles. The van der Waals surface area contributed by atoms with Gasteiger partial charge in [0.2, 0.25) is 0 Å². The average Bonchev–Trinajstić information content (AvgIpc) is 2.62. The number of nitro benzene ring substituents is 1. The highest BCUT2D eigenvalue weighted by molar-refractivity contribution is 5.96. The highest BCUT2D eigenvalue weighted by Gasteiger charge is 2.16. The number of amides is 2. The van der Waals surface area contributed by atoms with Gasteiger partial charge in [0.1, 0.15) is 5.75 Å². The molecule has 2 rings (SSSR count). The number of non-ortho nitro benzene ring substituents is 1. The van der Waals surface area contributed by atoms with Gasteiger partial charge in [-0.25, -0.2) is 0 Å². The lowest BCUT2D eigenvalue weighted by Crippen LogP contribution is -2.30. The number of nitrogens with zero attached hydrogens (tertiary/aromatic N) is 2. The van der Waals surface area contributed by atoms with Crippen molar-refractivity contribution in [1.29, 1.82) is 0 Å². The molecular weight excluding hydrogens is 338 g/mol. The Labute approximate surface area is 150 Å². The third kappa shape index (κ3) is 4.79. The summed E-state index contributed by atoms with van der Waals surface area (Å²) in [7, 11) is 3.32. The SMILES string of the molecule is CC(Oc1ccc([N+](=O)[O-])cc1)C(=O)Nc1ccc(C(=O)N(C)C)cc1. The van der Waals surface area contributed by atoms with E-state index in [9.17, 15) is 19.7 Å². The van der Waals surface area contributed by atoms with E-state index in [1.54, 1.807) is 45.3 Å². The Morgan fingerprint density at radius 2 is 1.65 bits per heavy atom. The molecule has 8 nitrogen and oxygen atoms in total. The number of anilines is 1. The summed E-state index contributed by atoms with van der Waals surface area (Å²) in [6.45, 7) is 1.57. The van der Waals surface area contributed by atoms with Crippen LogP contribution in [0.25, 0.3) is 0 Å². The third-order valence-corrected chi connectivity index (χ3v) is 3.54. The van der Waals surface area contributed by atoms with Crippen LogP contribution in [0, 0.1) is 10.1 Å². The van der Waals surface area contributed by atoms with E-state index in [0.717, 1.165) is 0 Å². The topological polar surface area (TPSA) is 102 Å². The van der Waals surface area contributed by atoms with Crippen LogP contribution in [0.4, 0.5) is 11.4 Å². The highest BCUT2D eigenvalue weighted by atomic mass is 16.6. The summed E-state index contributed by atoms with van der Waals surface area (Å²) in [4.78, 5) is 35.6. The Hall–Kier alpha value is -3.42. The van der Waals surface area contributed by atoms with Crippen molar-refractivity contribution in [2.45, 2.75) is 13.0 Å². The van der Waals surface area contributed by atoms with Gasteiger partial charge in [-0.3, -0.25) is 19.7 Å². The molecule has 0 radical (unpaired) electrons. The molecule has 0 aliphatic carbocycles. The fourth-order valence-electron chi connectivity index (χ4n) is 2.10. The number of rotatable bonds is 6. The zero-order valence-corrected chi connectivity index (χ0v) is 14.6. The molecule has 0 fully saturated rings. The second-order valence-electron chi connectivity index (χ2n) is 5.78. The van der Waals surface area contributed by atoms with Gasteiger partial charge in [-0.1, -0.05) is 0 Å². The Bertz CT molecular complexity index is 801. The summed E-state index contributed by atoms with van der Waals surface area (Å²) in [5, 5.41) is 13.3. The normalized spacial score (nSPS) is 11.3. The van der Waals surface area contributed by atoms with Crippen LogP contribution < -0.4 is 10.1 Å². The van der Waals surface area contributed by atoms with Crippen molar-refractivity contribution < 1.29 is 19.2 Å². The molecule has 2 aromatic rings. The number of carbonyl (C=O) groups excluding carboxylic acids is 2. The molecule has 2 amide bonds. The van der Waals surface area contributed by atoms with Crippen LogP contribution in [0.15, 0.2) is 48.5 Å². The van der Waals surface area contributed by atoms with E-state index in [0.29, 0.717) is 17.0 Å². The fraction of sp³-hybridized carbons (Fsp3) is 0.222. The standard InChI is InChI=1S/C18H19N3O5/c1-12(26-16-10-8-15(9-11-16)21(24)25)17(22)19-14-6-4-13(5-7-14)18(23)20(2)3/h4-12H,1-3H3,(H,19,22). The molecule has 1 N–H and O–H groups in total. The van der Waals surface area contributed by atoms with Gasteiger partial charge >= 0.3 is 0 Å². The van der Waals surface area contributed by atoms with E-state index in [-0.39, 0.29) is 17.5 Å². The first-order chi connectivity index (χ1) is 12.3. The molecule has 0 spiro atoms. The van der Waals surface area contributed by atoms with Gasteiger partial charge in [-0.05, 0) is 43.3 Å². The molecule has 0 bridgehead atoms. The van der Waals surface area contributed by atoms with Gasteiger partial charge in [0, 0.05) is 37.5 Å². The van der Waals surface area contributed by atoms with E-state index in [1.807, 2.05) is 0 Å². The van der Waals surface area contributed by atoms with E-state index >= 15 is 0 Å². The van der Waals surface area contributed by atoms with Gasteiger partial charge in [-0.15, -0.1) is 0 Å². The second kappa shape index (κ2) is 8.11. The van der Waals surface area contributed by atoms with E-state index in [2.05, 4.69) is 5.32 Å². The molecule has 26 heavy (non-hydrogen) atoms. The lowest BCUT2D eigenvalue weighted by molar-refractivity contribution is -0.384. The van der Waals surface area contributed by atoms with Crippen molar-refractivity contribution in [2.24, 2.45) is 0 Å². The smallest absolute Gasteiger partial charge is 0.269 e. The summed E-state index contributed by atoms with van der Waals surface area (Å²) >= 11 is 0. The predicted molar refractivity (Wildman–Crippen MR) is 96.3 cm³/mol. The highest BCUT2D eigenvalue weighted by Crippen LogP contribution is 2.19. The second-order valence-corrected chi connectivity index (χ2v) is 5.78. The van der Waals surface area contributed by atoms with Gasteiger partial charge in [0.15, 0.2) is 6.10 Å². The molecule has 1 atom stereocenters. The molecule has 0 saturated heterocycles. The van der Waals surface area contributed by atoms with Gasteiger partial charge < -0.3 is 15.0 Å². The zero-order chi connectivity index (χ0) is 19.3. The molecule has 0 aliphatic rings. The summed E-state index contributed by atoms with van der Waals surface area (Å²) in [6, 6.07) is 12.0. The minimum Gasteiger partial charge on any atom is -0.481 e. The van der Waals surface area contributed by atoms with Crippen LogP contribution in [0.1, 0.15) is 17.3 Å². The number of nitro groups is 1. The number of hydrogen-bond acceptors (Lipinski definition) is 5. The van der Waals surface area contributed by atoms with Crippen molar-refractivity contribution >= 4 is 23.2 Å². The third-order valence-electron chi connectivity index (χ3n) is 3.54. The minimum absolute atomic E-state index is 0.0539. The monoisotopic (exact) mass is 357 g/mol. The van der Waals surface area contributed by atoms with Crippen molar-refractivity contribution in [1.82, 2.24) is 4.90 Å². The lowest BCUT2D eigenvalue weighted by Gasteiger charge is -2.15. The maximum absolute atomic E-state index is 12.2. The first-order valence-corrected chi connectivity index (χ1v) is 7.81. The van der Waals surface area contributed by atoms with Crippen molar-refractivity contribution in [3.8, 4) is 5.75 Å². The average molecular weight is 357 g/mol. The lowest BCUT2D eigenvalue weighted by atomic mass is 10.2. The number of ether oxygens (including phenoxy) is 1. The first kappa shape index (κ1) is 18.9. The molecule has 1 unspecified atom stereocenters. The summed E-state index contributed by atoms with van der Waals surface area (Å²) in [6.07, 6.45) is -0.806. The van der Waals surface area contributed by atoms with Crippen LogP contribution in [0.2, 0.25) is 0 Å². The number of nitrogens with one attached hydrogen (secondary N) is 1. The quantitative estimate of drug-likeness (QED) is 0.632. The van der Waals surface area contributed by atoms with Crippen molar-refractivity contribution in [2.75, 3.05) is 19.4 Å². The first-order valence-electron chi connectivity index (χ1n) is 7.81. The van der Waals surface area contributed by atoms with E-state index in [4.69, 9.17) is 4.74 Å². The number of carbonyl (C=O) groups is 2. The Kier molecular flexibility index (Phi) is 5.90. The van der Waals surface area contributed by atoms with Crippen LogP contribution in [0.3, 0.4) is 0 Å². The maximum atomic E-state index is 12.2.